The van der Waals surface area contributed by atoms with Crippen molar-refractivity contribution in [2.45, 2.75) is 32.9 Å². The summed E-state index contributed by atoms with van der Waals surface area (Å²) in [6.07, 6.45) is 3.19. The predicted octanol–water partition coefficient (Wildman–Crippen LogP) is 3.02. The highest BCUT2D eigenvalue weighted by Crippen LogP contribution is 2.38. The Bertz CT molecular complexity index is 969. The fraction of sp³-hybridized carbons (Fsp3) is 0.333. The van der Waals surface area contributed by atoms with Crippen molar-refractivity contribution in [1.82, 2.24) is 19.7 Å². The molecule has 0 aliphatic carbocycles. The molecule has 128 valence electrons. The number of carbonyl (C=O) groups is 1. The molecule has 3 aromatic rings. The molecule has 1 aromatic carbocycles. The number of aromatic amines is 1. The van der Waals surface area contributed by atoms with Crippen molar-refractivity contribution >= 4 is 28.5 Å². The molecule has 3 heterocycles. The number of nitrogens with one attached hydrogen (secondary N) is 1. The number of hydrogen-bond acceptors (Lipinski definition) is 5. The van der Waals surface area contributed by atoms with Gasteiger partial charge in [0.2, 0.25) is 5.95 Å². The van der Waals surface area contributed by atoms with Crippen LogP contribution in [-0.4, -0.2) is 37.5 Å². The molecule has 2 atom stereocenters. The molecule has 2 aromatic heterocycles. The number of esters is 1. The number of H-pyrrole nitrogens is 1. The lowest BCUT2D eigenvalue weighted by Gasteiger charge is -2.29. The highest BCUT2D eigenvalue weighted by atomic mass is 16.5. The number of aromatic nitrogens is 4. The average molecular weight is 337 g/mol. The van der Waals surface area contributed by atoms with Crippen LogP contribution < -0.4 is 0 Å². The van der Waals surface area contributed by atoms with Crippen LogP contribution in [0.15, 0.2) is 41.8 Å². The molecule has 0 saturated carbocycles. The van der Waals surface area contributed by atoms with Crippen molar-refractivity contribution in [2.75, 3.05) is 0 Å². The fourth-order valence-corrected chi connectivity index (χ4v) is 3.37. The molecule has 0 bridgehead atoms. The average Bonchev–Trinajstić information content (AvgIpc) is 3.19. The second-order valence-corrected chi connectivity index (χ2v) is 6.46. The number of carbonyl (C=O) groups excluding carboxylic acids is 1. The summed E-state index contributed by atoms with van der Waals surface area (Å²) < 4.78 is 7.20. The van der Waals surface area contributed by atoms with Crippen LogP contribution in [0.1, 0.15) is 32.4 Å². The first kappa shape index (κ1) is 15.6. The number of fused-ring (bicyclic) bond motifs is 2. The first-order valence-corrected chi connectivity index (χ1v) is 8.27. The van der Waals surface area contributed by atoms with Crippen molar-refractivity contribution in [1.29, 1.82) is 0 Å². The highest BCUT2D eigenvalue weighted by molar-refractivity contribution is 6.04. The Hall–Kier alpha value is -2.96. The van der Waals surface area contributed by atoms with Crippen molar-refractivity contribution < 1.29 is 9.53 Å². The monoisotopic (exact) mass is 337 g/mol. The van der Waals surface area contributed by atoms with Gasteiger partial charge in [0.15, 0.2) is 0 Å². The molecule has 0 spiro atoms. The topological polar surface area (TPSA) is 85.2 Å². The van der Waals surface area contributed by atoms with Crippen LogP contribution in [0, 0.1) is 5.92 Å². The minimum atomic E-state index is -0.546. The molecule has 4 rings (SSSR count). The summed E-state index contributed by atoms with van der Waals surface area (Å²) in [5.41, 5.74) is 2.67. The molecular weight excluding hydrogens is 318 g/mol. The summed E-state index contributed by atoms with van der Waals surface area (Å²) in [5.74, 6) is -0.343. The normalized spacial score (nSPS) is 19.8. The van der Waals surface area contributed by atoms with E-state index < -0.39 is 5.92 Å². The Morgan fingerprint density at radius 2 is 2.12 bits per heavy atom. The second kappa shape index (κ2) is 5.84. The molecule has 1 aliphatic rings. The van der Waals surface area contributed by atoms with Gasteiger partial charge in [-0.1, -0.05) is 18.2 Å². The van der Waals surface area contributed by atoms with Gasteiger partial charge in [-0.25, -0.2) is 9.67 Å². The van der Waals surface area contributed by atoms with Gasteiger partial charge < -0.3 is 9.72 Å². The molecule has 2 unspecified atom stereocenters. The summed E-state index contributed by atoms with van der Waals surface area (Å²) in [4.78, 5) is 24.7. The molecule has 0 amide bonds. The van der Waals surface area contributed by atoms with Gasteiger partial charge in [-0.15, -0.1) is 0 Å². The lowest BCUT2D eigenvalue weighted by Crippen LogP contribution is -2.37. The molecule has 25 heavy (non-hydrogen) atoms. The quantitative estimate of drug-likeness (QED) is 0.745. The number of benzene rings is 1. The zero-order valence-electron chi connectivity index (χ0n) is 14.3. The van der Waals surface area contributed by atoms with Gasteiger partial charge in [-0.2, -0.15) is 10.1 Å². The Kier molecular flexibility index (Phi) is 3.63. The van der Waals surface area contributed by atoms with Gasteiger partial charge in [0.25, 0.3) is 0 Å². The molecule has 1 N–H and O–H groups in total. The third kappa shape index (κ3) is 2.52. The van der Waals surface area contributed by atoms with Crippen LogP contribution in [-0.2, 0) is 9.53 Å². The van der Waals surface area contributed by atoms with Crippen LogP contribution in [0.4, 0.5) is 5.95 Å². The maximum absolute atomic E-state index is 12.8. The van der Waals surface area contributed by atoms with Crippen LogP contribution in [0.5, 0.6) is 0 Å². The van der Waals surface area contributed by atoms with Crippen molar-refractivity contribution in [3.63, 3.8) is 0 Å². The Labute approximate surface area is 144 Å². The molecular formula is C18H19N5O2. The number of ether oxygens (including phenoxy) is 1. The van der Waals surface area contributed by atoms with Gasteiger partial charge in [0.1, 0.15) is 18.3 Å². The molecule has 0 radical (unpaired) electrons. The van der Waals surface area contributed by atoms with E-state index >= 15 is 0 Å². The van der Waals surface area contributed by atoms with E-state index in [9.17, 15) is 4.79 Å². The first-order valence-electron chi connectivity index (χ1n) is 8.27. The van der Waals surface area contributed by atoms with E-state index in [1.807, 2.05) is 51.2 Å². The SMILES string of the molecule is CC1=Nc2ncnn2C(c2c[nH]c3ccccc23)C1C(=O)OC(C)C. The van der Waals surface area contributed by atoms with E-state index in [0.29, 0.717) is 11.7 Å². The van der Waals surface area contributed by atoms with E-state index in [4.69, 9.17) is 4.74 Å². The summed E-state index contributed by atoms with van der Waals surface area (Å²) in [6, 6.07) is 7.64. The number of rotatable bonds is 3. The minimum absolute atomic E-state index is 0.193. The summed E-state index contributed by atoms with van der Waals surface area (Å²) in [7, 11) is 0. The zero-order valence-corrected chi connectivity index (χ0v) is 14.3. The van der Waals surface area contributed by atoms with Crippen LogP contribution in [0.3, 0.4) is 0 Å². The molecule has 0 saturated heterocycles. The van der Waals surface area contributed by atoms with Crippen molar-refractivity contribution in [2.24, 2.45) is 10.9 Å². The Morgan fingerprint density at radius 1 is 1.32 bits per heavy atom. The number of para-hydroxylation sites is 1. The van der Waals surface area contributed by atoms with Crippen molar-refractivity contribution in [3.05, 3.63) is 42.4 Å². The standard InChI is InChI=1S/C18H19N5O2/c1-10(2)25-17(24)15-11(3)22-18-20-9-21-23(18)16(15)13-8-19-14-7-5-4-6-12(13)14/h4-10,15-16,19H,1-3H3. The third-order valence-corrected chi connectivity index (χ3v) is 4.41. The van der Waals surface area contributed by atoms with Gasteiger partial charge >= 0.3 is 5.97 Å². The second-order valence-electron chi connectivity index (χ2n) is 6.46. The van der Waals surface area contributed by atoms with E-state index in [2.05, 4.69) is 20.1 Å². The number of nitrogens with zero attached hydrogens (tertiary/aromatic N) is 4. The largest absolute Gasteiger partial charge is 0.462 e. The van der Waals surface area contributed by atoms with Crippen LogP contribution >= 0.6 is 0 Å². The van der Waals surface area contributed by atoms with Crippen LogP contribution in [0.25, 0.3) is 10.9 Å². The Balaban J connectivity index is 1.89. The predicted molar refractivity (Wildman–Crippen MR) is 93.9 cm³/mol. The molecule has 1 aliphatic heterocycles. The summed E-state index contributed by atoms with van der Waals surface area (Å²) >= 11 is 0. The van der Waals surface area contributed by atoms with E-state index in [-0.39, 0.29) is 18.1 Å². The maximum atomic E-state index is 12.8. The lowest BCUT2D eigenvalue weighted by atomic mass is 9.88. The molecule has 7 nitrogen and oxygen atoms in total. The summed E-state index contributed by atoms with van der Waals surface area (Å²) in [5, 5.41) is 5.37. The van der Waals surface area contributed by atoms with Crippen molar-refractivity contribution in [3.8, 4) is 0 Å². The number of aliphatic imine (C=N–C) groups is 1. The molecule has 7 heteroatoms. The number of hydrogen-bond donors (Lipinski definition) is 1. The van der Waals surface area contributed by atoms with Gasteiger partial charge in [-0.3, -0.25) is 4.79 Å². The smallest absolute Gasteiger partial charge is 0.317 e. The van der Waals surface area contributed by atoms with Gasteiger partial charge in [0.05, 0.1) is 6.10 Å². The lowest BCUT2D eigenvalue weighted by molar-refractivity contribution is -0.151. The third-order valence-electron chi connectivity index (χ3n) is 4.41. The van der Waals surface area contributed by atoms with E-state index in [1.54, 1.807) is 4.68 Å². The maximum Gasteiger partial charge on any atom is 0.317 e. The van der Waals surface area contributed by atoms with E-state index in [1.165, 1.54) is 6.33 Å². The molecule has 0 fully saturated rings. The van der Waals surface area contributed by atoms with E-state index in [0.717, 1.165) is 16.5 Å². The minimum Gasteiger partial charge on any atom is -0.462 e. The Morgan fingerprint density at radius 3 is 2.92 bits per heavy atom. The zero-order chi connectivity index (χ0) is 17.6. The fourth-order valence-electron chi connectivity index (χ4n) is 3.37. The highest BCUT2D eigenvalue weighted by Gasteiger charge is 2.41. The van der Waals surface area contributed by atoms with Crippen LogP contribution in [0.2, 0.25) is 0 Å². The van der Waals surface area contributed by atoms with Gasteiger partial charge in [-0.05, 0) is 26.8 Å². The van der Waals surface area contributed by atoms with Gasteiger partial charge in [0, 0.05) is 28.4 Å². The first-order chi connectivity index (χ1) is 12.1. The summed E-state index contributed by atoms with van der Waals surface area (Å²) in [6.45, 7) is 5.52.